The van der Waals surface area contributed by atoms with E-state index in [1.807, 2.05) is 0 Å². The molecule has 1 aromatic rings. The van der Waals surface area contributed by atoms with Crippen molar-refractivity contribution in [2.45, 2.75) is 133 Å². The average molecular weight is 784 g/mol. The SMILES string of the molecule is COC1=C(C)C(=O)OC1=C1OC2=CCCN3[C@@H]4[C@@H](O)[C@H]5C[C@@H](C)CC=C5CSSC5(CCCCC5)[C@@H]5CC[C@]6(C[C@@H]4[C@H](C[C@@H]3[C@@H]2[C@@H]1C)[C@H]6c1ccccc1)C5. The van der Waals surface area contributed by atoms with Gasteiger partial charge in [-0.2, -0.15) is 0 Å². The Morgan fingerprint density at radius 1 is 0.982 bits per heavy atom. The average Bonchev–Trinajstić information content (AvgIpc) is 3.90. The molecule has 10 rings (SSSR count). The van der Waals surface area contributed by atoms with Crippen molar-refractivity contribution in [1.29, 1.82) is 0 Å². The summed E-state index contributed by atoms with van der Waals surface area (Å²) in [4.78, 5) is 15.6. The highest BCUT2D eigenvalue weighted by molar-refractivity contribution is 8.77. The molecule has 5 aliphatic heterocycles. The predicted octanol–water partition coefficient (Wildman–Crippen LogP) is 10.3. The summed E-state index contributed by atoms with van der Waals surface area (Å²) in [5, 5.41) is 13.3. The second kappa shape index (κ2) is 14.3. The number of carbonyl (C=O) groups is 1. The van der Waals surface area contributed by atoms with E-state index in [0.29, 0.717) is 45.5 Å². The van der Waals surface area contributed by atoms with Crippen LogP contribution >= 0.6 is 21.6 Å². The molecule has 0 aromatic heterocycles. The van der Waals surface area contributed by atoms with E-state index in [0.717, 1.165) is 55.4 Å². The number of hydrogen-bond donors (Lipinski definition) is 1. The van der Waals surface area contributed by atoms with Crippen LogP contribution in [0.15, 0.2) is 76.7 Å². The van der Waals surface area contributed by atoms with E-state index in [-0.39, 0.29) is 41.2 Å². The van der Waals surface area contributed by atoms with E-state index in [4.69, 9.17) is 14.2 Å². The number of aliphatic hydroxyl groups excluding tert-OH is 1. The highest BCUT2D eigenvalue weighted by Gasteiger charge is 2.65. The fraction of sp³-hybridized carbons (Fsp3) is 0.681. The highest BCUT2D eigenvalue weighted by atomic mass is 33.1. The number of methoxy groups -OCH3 is 1. The first kappa shape index (κ1) is 37.2. The number of allylic oxidation sites excluding steroid dienone is 2. The Labute approximate surface area is 336 Å². The topological polar surface area (TPSA) is 68.2 Å². The van der Waals surface area contributed by atoms with Gasteiger partial charge in [0, 0.05) is 46.9 Å². The molecule has 9 aliphatic rings. The normalized spacial score (nSPS) is 43.8. The zero-order valence-corrected chi connectivity index (χ0v) is 35.0. The summed E-state index contributed by atoms with van der Waals surface area (Å²) in [7, 11) is 6.04. The minimum Gasteiger partial charge on any atom is -0.492 e. The largest absolute Gasteiger partial charge is 0.492 e. The fourth-order valence-electron chi connectivity index (χ4n) is 14.2. The number of fused-ring (bicyclic) bond motifs is 7. The summed E-state index contributed by atoms with van der Waals surface area (Å²) in [5.74, 6) is 6.41. The molecule has 8 heteroatoms. The maximum Gasteiger partial charge on any atom is 0.343 e. The summed E-state index contributed by atoms with van der Waals surface area (Å²) in [6.45, 7) is 7.38. The van der Waals surface area contributed by atoms with Crippen LogP contribution in [0.3, 0.4) is 0 Å². The van der Waals surface area contributed by atoms with Crippen LogP contribution in [0.2, 0.25) is 0 Å². The van der Waals surface area contributed by atoms with Crippen molar-refractivity contribution in [2.75, 3.05) is 19.4 Å². The van der Waals surface area contributed by atoms with Crippen molar-refractivity contribution >= 4 is 27.6 Å². The Hall–Kier alpha value is -2.13. The summed E-state index contributed by atoms with van der Waals surface area (Å²) < 4.78 is 18.9. The van der Waals surface area contributed by atoms with Crippen LogP contribution in [-0.2, 0) is 19.0 Å². The van der Waals surface area contributed by atoms with Gasteiger partial charge in [0.25, 0.3) is 0 Å². The lowest BCUT2D eigenvalue weighted by molar-refractivity contribution is -0.133. The molecule has 6 nitrogen and oxygen atoms in total. The van der Waals surface area contributed by atoms with E-state index in [1.165, 1.54) is 68.9 Å². The zero-order valence-electron chi connectivity index (χ0n) is 33.3. The molecule has 0 radical (unpaired) electrons. The molecule has 0 unspecified atom stereocenters. The number of rotatable bonds is 2. The van der Waals surface area contributed by atoms with Crippen LogP contribution in [0.25, 0.3) is 0 Å². The number of nitrogens with zero attached hydrogens (tertiary/aromatic N) is 1. The van der Waals surface area contributed by atoms with Gasteiger partial charge >= 0.3 is 5.97 Å². The van der Waals surface area contributed by atoms with Gasteiger partial charge in [-0.05, 0) is 118 Å². The highest BCUT2D eigenvalue weighted by Crippen LogP contribution is 2.71. The Morgan fingerprint density at radius 2 is 1.80 bits per heavy atom. The third-order valence-corrected chi connectivity index (χ3v) is 19.9. The lowest BCUT2D eigenvalue weighted by atomic mass is 9.65. The Bertz CT molecular complexity index is 1810. The van der Waals surface area contributed by atoms with Crippen molar-refractivity contribution in [2.24, 2.45) is 46.8 Å². The molecular formula is C47H61NO5S2. The maximum atomic E-state index is 13.3. The first-order valence-corrected chi connectivity index (χ1v) is 24.1. The van der Waals surface area contributed by atoms with Gasteiger partial charge < -0.3 is 19.3 Å². The molecule has 4 aliphatic carbocycles. The van der Waals surface area contributed by atoms with Gasteiger partial charge in [0.05, 0.1) is 18.8 Å². The van der Waals surface area contributed by atoms with Crippen LogP contribution < -0.4 is 0 Å². The fourth-order valence-corrected chi connectivity index (χ4v) is 18.0. The van der Waals surface area contributed by atoms with Gasteiger partial charge in [-0.3, -0.25) is 4.90 Å². The van der Waals surface area contributed by atoms with Crippen LogP contribution in [0, 0.1) is 46.8 Å². The van der Waals surface area contributed by atoms with E-state index in [2.05, 4.69) is 82.8 Å². The number of cyclic esters (lactones) is 1. The summed E-state index contributed by atoms with van der Waals surface area (Å²) in [6, 6.07) is 12.0. The third kappa shape index (κ3) is 5.90. The van der Waals surface area contributed by atoms with E-state index < -0.39 is 6.10 Å². The first-order chi connectivity index (χ1) is 26.7. The van der Waals surface area contributed by atoms with Crippen molar-refractivity contribution in [3.8, 4) is 0 Å². The van der Waals surface area contributed by atoms with Crippen LogP contribution in [0.4, 0.5) is 0 Å². The van der Waals surface area contributed by atoms with E-state index >= 15 is 0 Å². The molecule has 3 bridgehead atoms. The summed E-state index contributed by atoms with van der Waals surface area (Å²) in [6.07, 6.45) is 20.8. The molecule has 0 amide bonds. The zero-order chi connectivity index (χ0) is 37.6. The van der Waals surface area contributed by atoms with Gasteiger partial charge in [0.2, 0.25) is 5.76 Å². The smallest absolute Gasteiger partial charge is 0.343 e. The number of benzene rings is 1. The van der Waals surface area contributed by atoms with Crippen molar-refractivity contribution in [1.82, 2.24) is 4.90 Å². The number of ether oxygens (including phenoxy) is 3. The Morgan fingerprint density at radius 3 is 2.60 bits per heavy atom. The second-order valence-electron chi connectivity index (χ2n) is 19.2. The minimum atomic E-state index is -0.415. The van der Waals surface area contributed by atoms with Crippen molar-refractivity contribution in [3.05, 3.63) is 82.2 Å². The predicted molar refractivity (Wildman–Crippen MR) is 221 cm³/mol. The van der Waals surface area contributed by atoms with Gasteiger partial charge in [0.1, 0.15) is 5.76 Å². The molecule has 12 atom stereocenters. The summed E-state index contributed by atoms with van der Waals surface area (Å²) >= 11 is 0. The molecule has 2 spiro atoms. The molecule has 6 fully saturated rings. The number of carbonyl (C=O) groups excluding carboxylic acids is 1. The van der Waals surface area contributed by atoms with Gasteiger partial charge in [-0.15, -0.1) is 0 Å². The van der Waals surface area contributed by atoms with Crippen molar-refractivity contribution in [3.63, 3.8) is 0 Å². The van der Waals surface area contributed by atoms with Crippen LogP contribution in [0.1, 0.15) is 116 Å². The van der Waals surface area contributed by atoms with Gasteiger partial charge in [-0.25, -0.2) is 4.79 Å². The molecule has 296 valence electrons. The number of esters is 1. The number of hydrogen-bond acceptors (Lipinski definition) is 8. The molecule has 5 heterocycles. The first-order valence-electron chi connectivity index (χ1n) is 21.8. The Balaban J connectivity index is 1.12. The number of piperidine rings is 1. The van der Waals surface area contributed by atoms with Gasteiger partial charge in [0.15, 0.2) is 11.5 Å². The lowest BCUT2D eigenvalue weighted by Crippen LogP contribution is -2.62. The van der Waals surface area contributed by atoms with E-state index in [1.54, 1.807) is 14.0 Å². The molecule has 1 aromatic carbocycles. The third-order valence-electron chi connectivity index (χ3n) is 16.5. The molecule has 55 heavy (non-hydrogen) atoms. The lowest BCUT2D eigenvalue weighted by Gasteiger charge is -2.54. The van der Waals surface area contributed by atoms with E-state index in [9.17, 15) is 9.90 Å². The van der Waals surface area contributed by atoms with Crippen LogP contribution in [-0.4, -0.2) is 58.3 Å². The van der Waals surface area contributed by atoms with Gasteiger partial charge in [-0.1, -0.05) is 96.7 Å². The molecule has 3 saturated heterocycles. The Kier molecular flexibility index (Phi) is 9.66. The monoisotopic (exact) mass is 783 g/mol. The molecule has 1 N–H and O–H groups in total. The standard InChI is InChI=1S/C47H61NO5S2/c1-27-15-16-31-26-54-55-47(18-9-6-10-19-47)32-17-20-46(24-32)25-35-34(39(46)30-12-7-5-8-13-30)23-36-38-28(2)43(44-42(51-4)29(3)45(50)53-44)52-37(38)14-11-21-48(36)40(35)41(49)33(31)22-27/h5,7-8,12-14,16,27-28,32-36,38-41,49H,6,9-11,15,17-26H2,1-4H3/t27-,28-,32+,33-,34-,35+,36+,38-,39+,40-,41-,46+/m0/s1. The second-order valence-corrected chi connectivity index (χ2v) is 21.9. The minimum absolute atomic E-state index is 0.00165. The summed E-state index contributed by atoms with van der Waals surface area (Å²) in [5.41, 5.74) is 3.79. The quantitative estimate of drug-likeness (QED) is 0.181. The van der Waals surface area contributed by atoms with Crippen molar-refractivity contribution < 1.29 is 24.1 Å². The molecular weight excluding hydrogens is 723 g/mol. The molecule has 3 saturated carbocycles. The number of aliphatic hydroxyl groups is 1. The van der Waals surface area contributed by atoms with Crippen LogP contribution in [0.5, 0.6) is 0 Å². The maximum absolute atomic E-state index is 13.3.